The van der Waals surface area contributed by atoms with Crippen molar-refractivity contribution in [3.05, 3.63) is 28.8 Å². The van der Waals surface area contributed by atoms with Gasteiger partial charge in [0.2, 0.25) is 0 Å². The van der Waals surface area contributed by atoms with Crippen LogP contribution in [0.2, 0.25) is 5.02 Å². The first-order valence-corrected chi connectivity index (χ1v) is 8.09. The maximum absolute atomic E-state index is 11.9. The third kappa shape index (κ3) is 3.82. The van der Waals surface area contributed by atoms with Crippen LogP contribution in [0.15, 0.2) is 23.1 Å². The molecule has 0 radical (unpaired) electrons. The van der Waals surface area contributed by atoms with Gasteiger partial charge in [0.1, 0.15) is 6.10 Å². The predicted octanol–water partition coefficient (Wildman–Crippen LogP) is 2.21. The summed E-state index contributed by atoms with van der Waals surface area (Å²) in [6, 6.07) is 3.62. The molecule has 1 aliphatic heterocycles. The average molecular weight is 325 g/mol. The summed E-state index contributed by atoms with van der Waals surface area (Å²) in [6.45, 7) is 0.877. The minimum atomic E-state index is -3.95. The molecule has 5 nitrogen and oxygen atoms in total. The van der Waals surface area contributed by atoms with Crippen molar-refractivity contribution in [2.24, 2.45) is 0 Å². The molecule has 0 spiro atoms. The molecule has 1 saturated heterocycles. The first-order chi connectivity index (χ1) is 8.86. The fraction of sp³-hybridized carbons (Fsp3) is 0.364. The average Bonchev–Trinajstić information content (AvgIpc) is 2.79. The zero-order valence-corrected chi connectivity index (χ0v) is 12.0. The van der Waals surface area contributed by atoms with E-state index in [2.05, 4.69) is 0 Å². The number of carbonyl (C=O) groups excluding carboxylic acids is 1. The molecule has 2 rings (SSSR count). The lowest BCUT2D eigenvalue weighted by molar-refractivity contribution is 0.0270. The van der Waals surface area contributed by atoms with Crippen molar-refractivity contribution in [3.63, 3.8) is 0 Å². The second-order valence-corrected chi connectivity index (χ2v) is 7.01. The Morgan fingerprint density at radius 3 is 2.68 bits per heavy atom. The van der Waals surface area contributed by atoms with E-state index in [0.717, 1.165) is 6.07 Å². The molecule has 1 aliphatic rings. The van der Waals surface area contributed by atoms with E-state index in [1.165, 1.54) is 12.1 Å². The van der Waals surface area contributed by atoms with Crippen LogP contribution in [0.1, 0.15) is 16.8 Å². The molecule has 0 saturated carbocycles. The Morgan fingerprint density at radius 1 is 1.37 bits per heavy atom. The molecule has 1 unspecified atom stereocenters. The smallest absolute Gasteiger partial charge is 0.338 e. The number of rotatable bonds is 3. The number of esters is 1. The molecule has 1 atom stereocenters. The molecule has 1 heterocycles. The standard InChI is InChI=1S/C11H10Cl2O5S/c12-8-3-7(4-10(5-8)19(13,15)16)11(14)18-9-1-2-17-6-9/h3-5,9H,1-2,6H2. The number of ether oxygens (including phenoxy) is 2. The molecule has 0 N–H and O–H groups in total. The van der Waals surface area contributed by atoms with Crippen molar-refractivity contribution in [3.8, 4) is 0 Å². The van der Waals surface area contributed by atoms with E-state index < -0.39 is 15.0 Å². The molecule has 1 aromatic rings. The molecule has 0 aliphatic carbocycles. The van der Waals surface area contributed by atoms with Crippen molar-refractivity contribution < 1.29 is 22.7 Å². The minimum Gasteiger partial charge on any atom is -0.456 e. The molecule has 0 aromatic heterocycles. The first-order valence-electron chi connectivity index (χ1n) is 5.40. The second kappa shape index (κ2) is 5.66. The van der Waals surface area contributed by atoms with Crippen LogP contribution in [0.3, 0.4) is 0 Å². The van der Waals surface area contributed by atoms with Gasteiger partial charge in [-0.15, -0.1) is 0 Å². The van der Waals surface area contributed by atoms with E-state index in [9.17, 15) is 13.2 Å². The maximum atomic E-state index is 11.9. The molecule has 1 fully saturated rings. The summed E-state index contributed by atoms with van der Waals surface area (Å²) in [5, 5.41) is 0.0938. The van der Waals surface area contributed by atoms with Gasteiger partial charge in [0, 0.05) is 22.1 Å². The van der Waals surface area contributed by atoms with Crippen LogP contribution in [0.25, 0.3) is 0 Å². The van der Waals surface area contributed by atoms with E-state index in [4.69, 9.17) is 31.8 Å². The van der Waals surface area contributed by atoms with Crippen molar-refractivity contribution >= 4 is 37.3 Å². The van der Waals surface area contributed by atoms with E-state index >= 15 is 0 Å². The molecule has 8 heteroatoms. The molecule has 0 bridgehead atoms. The molecular formula is C11H10Cl2O5S. The summed E-state index contributed by atoms with van der Waals surface area (Å²) in [6.07, 6.45) is 0.301. The fourth-order valence-corrected chi connectivity index (χ4v) is 2.75. The number of hydrogen-bond acceptors (Lipinski definition) is 5. The minimum absolute atomic E-state index is 0.0404. The van der Waals surface area contributed by atoms with Crippen molar-refractivity contribution in [2.45, 2.75) is 17.4 Å². The van der Waals surface area contributed by atoms with Crippen LogP contribution in [0.5, 0.6) is 0 Å². The van der Waals surface area contributed by atoms with Gasteiger partial charge in [-0.05, 0) is 18.2 Å². The zero-order valence-electron chi connectivity index (χ0n) is 9.64. The lowest BCUT2D eigenvalue weighted by Crippen LogP contribution is -2.18. The number of halogens is 2. The highest BCUT2D eigenvalue weighted by molar-refractivity contribution is 8.13. The fourth-order valence-electron chi connectivity index (χ4n) is 1.65. The van der Waals surface area contributed by atoms with Gasteiger partial charge in [0.25, 0.3) is 9.05 Å². The largest absolute Gasteiger partial charge is 0.456 e. The Morgan fingerprint density at radius 2 is 2.11 bits per heavy atom. The van der Waals surface area contributed by atoms with Gasteiger partial charge < -0.3 is 9.47 Å². The topological polar surface area (TPSA) is 69.7 Å². The van der Waals surface area contributed by atoms with Crippen molar-refractivity contribution in [2.75, 3.05) is 13.2 Å². The monoisotopic (exact) mass is 324 g/mol. The van der Waals surface area contributed by atoms with Crippen molar-refractivity contribution in [1.29, 1.82) is 0 Å². The van der Waals surface area contributed by atoms with Crippen LogP contribution in [-0.2, 0) is 18.5 Å². The third-order valence-corrected chi connectivity index (χ3v) is 4.10. The van der Waals surface area contributed by atoms with Gasteiger partial charge in [-0.2, -0.15) is 0 Å². The van der Waals surface area contributed by atoms with Gasteiger partial charge in [-0.3, -0.25) is 0 Å². The Hall–Kier alpha value is -0.820. The number of hydrogen-bond donors (Lipinski definition) is 0. The highest BCUT2D eigenvalue weighted by Crippen LogP contribution is 2.23. The highest BCUT2D eigenvalue weighted by atomic mass is 35.7. The molecule has 104 valence electrons. The van der Waals surface area contributed by atoms with E-state index in [-0.39, 0.29) is 21.6 Å². The van der Waals surface area contributed by atoms with E-state index in [0.29, 0.717) is 19.6 Å². The summed E-state index contributed by atoms with van der Waals surface area (Å²) in [4.78, 5) is 11.6. The van der Waals surface area contributed by atoms with Gasteiger partial charge in [-0.1, -0.05) is 11.6 Å². The van der Waals surface area contributed by atoms with Crippen LogP contribution < -0.4 is 0 Å². The summed E-state index contributed by atoms with van der Waals surface area (Å²) in [5.74, 6) is -0.653. The van der Waals surface area contributed by atoms with Gasteiger partial charge in [0.05, 0.1) is 23.7 Å². The lowest BCUT2D eigenvalue weighted by atomic mass is 10.2. The van der Waals surface area contributed by atoms with Crippen LogP contribution in [-0.4, -0.2) is 33.7 Å². The normalized spacial score (nSPS) is 19.4. The maximum Gasteiger partial charge on any atom is 0.338 e. The Balaban J connectivity index is 2.24. The van der Waals surface area contributed by atoms with Crippen LogP contribution in [0, 0.1) is 0 Å². The summed E-state index contributed by atoms with van der Waals surface area (Å²) < 4.78 is 32.7. The van der Waals surface area contributed by atoms with Crippen LogP contribution >= 0.6 is 22.3 Å². The van der Waals surface area contributed by atoms with Gasteiger partial charge in [0.15, 0.2) is 0 Å². The number of benzene rings is 1. The Kier molecular flexibility index (Phi) is 4.35. The number of carbonyl (C=O) groups is 1. The van der Waals surface area contributed by atoms with E-state index in [1.54, 1.807) is 0 Å². The van der Waals surface area contributed by atoms with Gasteiger partial charge in [-0.25, -0.2) is 13.2 Å². The molecule has 1 aromatic carbocycles. The van der Waals surface area contributed by atoms with E-state index in [1.807, 2.05) is 0 Å². The molecule has 0 amide bonds. The predicted molar refractivity (Wildman–Crippen MR) is 69.1 cm³/mol. The summed E-state index contributed by atoms with van der Waals surface area (Å²) in [7, 11) is 1.27. The lowest BCUT2D eigenvalue weighted by Gasteiger charge is -2.10. The SMILES string of the molecule is O=C(OC1CCOC1)c1cc(Cl)cc(S(=O)(=O)Cl)c1. The third-order valence-electron chi connectivity index (χ3n) is 2.55. The summed E-state index contributed by atoms with van der Waals surface area (Å²) in [5.41, 5.74) is 0.0404. The first kappa shape index (κ1) is 14.6. The van der Waals surface area contributed by atoms with Crippen LogP contribution in [0.4, 0.5) is 0 Å². The van der Waals surface area contributed by atoms with Gasteiger partial charge >= 0.3 is 5.97 Å². The summed E-state index contributed by atoms with van der Waals surface area (Å²) >= 11 is 5.76. The highest BCUT2D eigenvalue weighted by Gasteiger charge is 2.22. The Labute approximate surface area is 119 Å². The quantitative estimate of drug-likeness (QED) is 0.629. The van der Waals surface area contributed by atoms with Crippen molar-refractivity contribution in [1.82, 2.24) is 0 Å². The molecule has 19 heavy (non-hydrogen) atoms. The molecular weight excluding hydrogens is 315 g/mol. The second-order valence-electron chi connectivity index (χ2n) is 4.00. The Bertz CT molecular complexity index is 593. The zero-order chi connectivity index (χ0) is 14.0.